The zero-order valence-corrected chi connectivity index (χ0v) is 13.9. The normalized spacial score (nSPS) is 12.3. The molecule has 0 unspecified atom stereocenters. The third-order valence-corrected chi connectivity index (χ3v) is 3.17. The van der Waals surface area contributed by atoms with Gasteiger partial charge in [0.15, 0.2) is 0 Å². The van der Waals surface area contributed by atoms with Gasteiger partial charge in [-0.2, -0.15) is 5.10 Å². The maximum Gasteiger partial charge on any atom is 0.314 e. The van der Waals surface area contributed by atoms with Gasteiger partial charge < -0.3 is 14.8 Å². The Morgan fingerprint density at radius 2 is 1.91 bits per heavy atom. The number of nitrogens with one attached hydrogen (secondary N) is 2. The number of carbonyl (C=O) groups excluding carboxylic acids is 2. The zero-order valence-electron chi connectivity index (χ0n) is 13.9. The van der Waals surface area contributed by atoms with Crippen LogP contribution in [0.25, 0.3) is 0 Å². The molecule has 0 saturated carbocycles. The van der Waals surface area contributed by atoms with Gasteiger partial charge in [0.05, 0.1) is 26.2 Å². The van der Waals surface area contributed by atoms with Crippen LogP contribution in [0.15, 0.2) is 29.4 Å². The number of hydrazone groups is 1. The average Bonchev–Trinajstić information content (AvgIpc) is 2.57. The first kappa shape index (κ1) is 18.5. The van der Waals surface area contributed by atoms with Crippen LogP contribution in [-0.4, -0.2) is 37.8 Å². The summed E-state index contributed by atoms with van der Waals surface area (Å²) in [7, 11) is 1.59. The molecule has 0 aliphatic heterocycles. The average molecular weight is 321 g/mol. The number of hydrogen-bond donors (Lipinski definition) is 2. The van der Waals surface area contributed by atoms with Gasteiger partial charge in [-0.1, -0.05) is 0 Å². The third kappa shape index (κ3) is 6.37. The first-order chi connectivity index (χ1) is 11.0. The summed E-state index contributed by atoms with van der Waals surface area (Å²) in [5.74, 6) is -0.423. The summed E-state index contributed by atoms with van der Waals surface area (Å²) in [6, 6.07) is 7.21. The van der Waals surface area contributed by atoms with E-state index in [4.69, 9.17) is 9.47 Å². The van der Waals surface area contributed by atoms with E-state index in [1.165, 1.54) is 0 Å². The summed E-state index contributed by atoms with van der Waals surface area (Å²) in [6.45, 7) is 5.46. The second-order valence-electron chi connectivity index (χ2n) is 4.84. The van der Waals surface area contributed by atoms with Crippen molar-refractivity contribution in [2.45, 2.75) is 20.8 Å². The van der Waals surface area contributed by atoms with Crippen LogP contribution in [0.1, 0.15) is 20.8 Å². The fourth-order valence-corrected chi connectivity index (χ4v) is 1.62. The van der Waals surface area contributed by atoms with Crippen molar-refractivity contribution in [1.82, 2.24) is 5.43 Å². The molecule has 0 aromatic heterocycles. The molecular weight excluding hydrogens is 298 g/mol. The number of nitrogens with zero attached hydrogens (tertiary/aromatic N) is 1. The molecule has 0 aliphatic rings. The van der Waals surface area contributed by atoms with Crippen LogP contribution in [0.4, 0.5) is 5.69 Å². The number of methoxy groups -OCH3 is 1. The quantitative estimate of drug-likeness (QED) is 0.433. The molecule has 23 heavy (non-hydrogen) atoms. The summed E-state index contributed by atoms with van der Waals surface area (Å²) in [5, 5.41) is 6.89. The van der Waals surface area contributed by atoms with E-state index in [-0.39, 0.29) is 18.4 Å². The summed E-state index contributed by atoms with van der Waals surface area (Å²) >= 11 is 0. The molecule has 0 spiro atoms. The number of anilines is 1. The maximum absolute atomic E-state index is 11.7. The highest BCUT2D eigenvalue weighted by molar-refractivity contribution is 6.00. The van der Waals surface area contributed by atoms with Crippen molar-refractivity contribution in [3.8, 4) is 5.75 Å². The van der Waals surface area contributed by atoms with Crippen molar-refractivity contribution in [3.63, 3.8) is 0 Å². The number of ether oxygens (including phenoxy) is 2. The number of amides is 1. The lowest BCUT2D eigenvalue weighted by Crippen LogP contribution is -2.29. The van der Waals surface area contributed by atoms with Gasteiger partial charge in [0.2, 0.25) is 0 Å². The van der Waals surface area contributed by atoms with Crippen molar-refractivity contribution in [1.29, 1.82) is 0 Å². The van der Waals surface area contributed by atoms with Gasteiger partial charge in [0.25, 0.3) is 5.91 Å². The van der Waals surface area contributed by atoms with Gasteiger partial charge in [-0.25, -0.2) is 5.43 Å². The van der Waals surface area contributed by atoms with E-state index < -0.39 is 5.92 Å². The molecule has 0 radical (unpaired) electrons. The largest absolute Gasteiger partial charge is 0.497 e. The Hall–Kier alpha value is -2.57. The molecule has 1 aromatic rings. The molecule has 7 nitrogen and oxygen atoms in total. The van der Waals surface area contributed by atoms with E-state index in [0.717, 1.165) is 11.4 Å². The third-order valence-electron chi connectivity index (χ3n) is 3.17. The Balaban J connectivity index is 2.43. The minimum atomic E-state index is -0.496. The Labute approximate surface area is 136 Å². The fraction of sp³-hybridized carbons (Fsp3) is 0.438. The number of esters is 1. The lowest BCUT2D eigenvalue weighted by molar-refractivity contribution is -0.145. The summed E-state index contributed by atoms with van der Waals surface area (Å²) in [4.78, 5) is 23.3. The first-order valence-electron chi connectivity index (χ1n) is 7.35. The SMILES string of the molecule is CCOC(=O)[C@H](C)/C(C)=N\NC(=O)CNc1ccc(OC)cc1. The highest BCUT2D eigenvalue weighted by Crippen LogP contribution is 2.14. The Bertz CT molecular complexity index is 555. The molecule has 0 fully saturated rings. The van der Waals surface area contributed by atoms with E-state index in [1.807, 2.05) is 12.1 Å². The highest BCUT2D eigenvalue weighted by Gasteiger charge is 2.17. The summed E-state index contributed by atoms with van der Waals surface area (Å²) in [5.41, 5.74) is 3.69. The van der Waals surface area contributed by atoms with Gasteiger partial charge in [-0.3, -0.25) is 9.59 Å². The van der Waals surface area contributed by atoms with Gasteiger partial charge in [-0.15, -0.1) is 0 Å². The molecule has 7 heteroatoms. The first-order valence-corrected chi connectivity index (χ1v) is 7.35. The molecular formula is C16H23N3O4. The molecule has 1 amide bonds. The van der Waals surface area contributed by atoms with Gasteiger partial charge in [0, 0.05) is 11.4 Å². The minimum absolute atomic E-state index is 0.0664. The molecule has 0 heterocycles. The van der Waals surface area contributed by atoms with E-state index in [9.17, 15) is 9.59 Å². The maximum atomic E-state index is 11.7. The van der Waals surface area contributed by atoms with Crippen LogP contribution in [-0.2, 0) is 14.3 Å². The minimum Gasteiger partial charge on any atom is -0.497 e. The van der Waals surface area contributed by atoms with E-state index in [0.29, 0.717) is 12.3 Å². The predicted molar refractivity (Wildman–Crippen MR) is 88.5 cm³/mol. The van der Waals surface area contributed by atoms with Crippen molar-refractivity contribution in [3.05, 3.63) is 24.3 Å². The Kier molecular flexibility index (Phi) is 7.59. The Morgan fingerprint density at radius 1 is 1.26 bits per heavy atom. The van der Waals surface area contributed by atoms with Crippen LogP contribution in [0.2, 0.25) is 0 Å². The molecule has 0 saturated heterocycles. The van der Waals surface area contributed by atoms with Crippen molar-refractivity contribution < 1.29 is 19.1 Å². The second kappa shape index (κ2) is 9.45. The molecule has 0 aliphatic carbocycles. The Morgan fingerprint density at radius 3 is 2.48 bits per heavy atom. The molecule has 0 bridgehead atoms. The number of carbonyl (C=O) groups is 2. The summed E-state index contributed by atoms with van der Waals surface area (Å²) in [6.07, 6.45) is 0. The number of rotatable bonds is 8. The lowest BCUT2D eigenvalue weighted by atomic mass is 10.1. The molecule has 126 valence electrons. The highest BCUT2D eigenvalue weighted by atomic mass is 16.5. The summed E-state index contributed by atoms with van der Waals surface area (Å²) < 4.78 is 9.96. The van der Waals surface area contributed by atoms with Gasteiger partial charge >= 0.3 is 5.97 Å². The predicted octanol–water partition coefficient (Wildman–Crippen LogP) is 1.80. The standard InChI is InChI=1S/C16H23N3O4/c1-5-23-16(21)11(2)12(3)18-19-15(20)10-17-13-6-8-14(22-4)9-7-13/h6-9,11,17H,5,10H2,1-4H3,(H,19,20)/b18-12-/t11-/m1/s1. The van der Waals surface area contributed by atoms with Crippen molar-refractivity contribution >= 4 is 23.3 Å². The van der Waals surface area contributed by atoms with Gasteiger partial charge in [-0.05, 0) is 45.0 Å². The molecule has 1 atom stereocenters. The van der Waals surface area contributed by atoms with Crippen molar-refractivity contribution in [2.24, 2.45) is 11.0 Å². The monoisotopic (exact) mass is 321 g/mol. The van der Waals surface area contributed by atoms with Crippen LogP contribution >= 0.6 is 0 Å². The number of hydrogen-bond acceptors (Lipinski definition) is 6. The van der Waals surface area contributed by atoms with Crippen LogP contribution in [0.5, 0.6) is 5.75 Å². The fourth-order valence-electron chi connectivity index (χ4n) is 1.62. The van der Waals surface area contributed by atoms with Crippen LogP contribution in [0, 0.1) is 5.92 Å². The van der Waals surface area contributed by atoms with Crippen molar-refractivity contribution in [2.75, 3.05) is 25.6 Å². The van der Waals surface area contributed by atoms with Crippen LogP contribution < -0.4 is 15.5 Å². The molecule has 1 rings (SSSR count). The van der Waals surface area contributed by atoms with Crippen LogP contribution in [0.3, 0.4) is 0 Å². The number of benzene rings is 1. The smallest absolute Gasteiger partial charge is 0.314 e. The molecule has 1 aromatic carbocycles. The molecule has 2 N–H and O–H groups in total. The zero-order chi connectivity index (χ0) is 17.2. The van der Waals surface area contributed by atoms with E-state index in [1.54, 1.807) is 40.0 Å². The second-order valence-corrected chi connectivity index (χ2v) is 4.84. The van der Waals surface area contributed by atoms with Gasteiger partial charge in [0.1, 0.15) is 5.75 Å². The van der Waals surface area contributed by atoms with E-state index in [2.05, 4.69) is 15.8 Å². The topological polar surface area (TPSA) is 89.0 Å². The lowest BCUT2D eigenvalue weighted by Gasteiger charge is -2.10. The van der Waals surface area contributed by atoms with E-state index >= 15 is 0 Å².